The van der Waals surface area contributed by atoms with Crippen LogP contribution in [0.15, 0.2) is 12.1 Å². The van der Waals surface area contributed by atoms with Crippen molar-refractivity contribution in [2.75, 3.05) is 44.0 Å². The molecule has 6 nitrogen and oxygen atoms in total. The van der Waals surface area contributed by atoms with Gasteiger partial charge in [0.1, 0.15) is 5.82 Å². The Morgan fingerprint density at radius 1 is 1.40 bits per heavy atom. The fourth-order valence-electron chi connectivity index (χ4n) is 1.17. The number of nitrogens with zero attached hydrogens (tertiary/aromatic N) is 3. The minimum Gasteiger partial charge on any atom is -0.395 e. The first kappa shape index (κ1) is 11.7. The highest BCUT2D eigenvalue weighted by Crippen LogP contribution is 2.09. The summed E-state index contributed by atoms with van der Waals surface area (Å²) < 4.78 is 4.97. The van der Waals surface area contributed by atoms with Crippen LogP contribution in [0.5, 0.6) is 0 Å². The molecule has 0 spiro atoms. The molecule has 6 heteroatoms. The fourth-order valence-corrected chi connectivity index (χ4v) is 1.17. The van der Waals surface area contributed by atoms with Crippen molar-refractivity contribution >= 4 is 11.6 Å². The number of aliphatic hydroxyl groups is 1. The van der Waals surface area contributed by atoms with Gasteiger partial charge in [0.25, 0.3) is 0 Å². The molecule has 0 fully saturated rings. The molecule has 0 radical (unpaired) electrons. The van der Waals surface area contributed by atoms with Gasteiger partial charge < -0.3 is 20.5 Å². The van der Waals surface area contributed by atoms with Crippen LogP contribution in [-0.2, 0) is 4.74 Å². The van der Waals surface area contributed by atoms with Gasteiger partial charge in [0, 0.05) is 20.2 Å². The predicted octanol–water partition coefficient (Wildman–Crippen LogP) is -0.496. The van der Waals surface area contributed by atoms with Crippen LogP contribution in [0.25, 0.3) is 0 Å². The molecule has 0 aliphatic rings. The lowest BCUT2D eigenvalue weighted by molar-refractivity contribution is 0.202. The van der Waals surface area contributed by atoms with E-state index in [4.69, 9.17) is 15.6 Å². The van der Waals surface area contributed by atoms with Gasteiger partial charge in [0.2, 0.25) is 0 Å². The lowest BCUT2D eigenvalue weighted by Gasteiger charge is -2.21. The summed E-state index contributed by atoms with van der Waals surface area (Å²) >= 11 is 0. The van der Waals surface area contributed by atoms with Crippen molar-refractivity contribution in [1.82, 2.24) is 10.2 Å². The van der Waals surface area contributed by atoms with Crippen molar-refractivity contribution in [2.24, 2.45) is 0 Å². The second kappa shape index (κ2) is 6.15. The Hall–Kier alpha value is -1.40. The smallest absolute Gasteiger partial charge is 0.151 e. The van der Waals surface area contributed by atoms with E-state index < -0.39 is 0 Å². The van der Waals surface area contributed by atoms with E-state index in [2.05, 4.69) is 10.2 Å². The summed E-state index contributed by atoms with van der Waals surface area (Å²) in [7, 11) is 1.63. The molecule has 84 valence electrons. The lowest BCUT2D eigenvalue weighted by atomic mass is 10.4. The largest absolute Gasteiger partial charge is 0.395 e. The van der Waals surface area contributed by atoms with Crippen molar-refractivity contribution < 1.29 is 9.84 Å². The second-order valence-corrected chi connectivity index (χ2v) is 3.02. The van der Waals surface area contributed by atoms with Crippen molar-refractivity contribution in [3.8, 4) is 0 Å². The normalized spacial score (nSPS) is 10.3. The number of methoxy groups -OCH3 is 1. The third-order valence-electron chi connectivity index (χ3n) is 1.93. The Morgan fingerprint density at radius 3 is 2.73 bits per heavy atom. The molecule has 15 heavy (non-hydrogen) atoms. The minimum atomic E-state index is 0.0652. The van der Waals surface area contributed by atoms with Gasteiger partial charge in [-0.3, -0.25) is 0 Å². The Bertz CT molecular complexity index is 278. The summed E-state index contributed by atoms with van der Waals surface area (Å²) in [6.45, 7) is 1.81. The molecule has 0 aliphatic carbocycles. The van der Waals surface area contributed by atoms with E-state index in [1.54, 1.807) is 19.2 Å². The van der Waals surface area contributed by atoms with E-state index in [0.717, 1.165) is 0 Å². The van der Waals surface area contributed by atoms with Crippen LogP contribution in [0, 0.1) is 0 Å². The molecule has 0 saturated carbocycles. The molecule has 0 aromatic carbocycles. The zero-order valence-electron chi connectivity index (χ0n) is 8.76. The Labute approximate surface area is 88.7 Å². The number of nitrogens with two attached hydrogens (primary N) is 1. The molecule has 0 atom stereocenters. The van der Waals surface area contributed by atoms with E-state index in [0.29, 0.717) is 31.3 Å². The van der Waals surface area contributed by atoms with Gasteiger partial charge in [-0.2, -0.15) is 0 Å². The highest BCUT2D eigenvalue weighted by Gasteiger charge is 2.07. The fraction of sp³-hybridized carbons (Fsp3) is 0.556. The number of aromatic nitrogens is 2. The average Bonchev–Trinajstić information content (AvgIpc) is 2.25. The van der Waals surface area contributed by atoms with Crippen LogP contribution in [0.1, 0.15) is 0 Å². The van der Waals surface area contributed by atoms with Gasteiger partial charge in [-0.1, -0.05) is 0 Å². The summed E-state index contributed by atoms with van der Waals surface area (Å²) in [5.41, 5.74) is 5.43. The van der Waals surface area contributed by atoms with E-state index in [-0.39, 0.29) is 6.61 Å². The molecular weight excluding hydrogens is 196 g/mol. The van der Waals surface area contributed by atoms with Gasteiger partial charge in [-0.25, -0.2) is 0 Å². The van der Waals surface area contributed by atoms with Crippen LogP contribution < -0.4 is 10.6 Å². The van der Waals surface area contributed by atoms with Gasteiger partial charge in [-0.15, -0.1) is 10.2 Å². The number of hydrogen-bond donors (Lipinski definition) is 2. The van der Waals surface area contributed by atoms with Crippen molar-refractivity contribution in [2.45, 2.75) is 0 Å². The molecule has 0 aliphatic heterocycles. The van der Waals surface area contributed by atoms with Gasteiger partial charge in [0.15, 0.2) is 5.82 Å². The predicted molar refractivity (Wildman–Crippen MR) is 57.6 cm³/mol. The van der Waals surface area contributed by atoms with E-state index in [1.165, 1.54) is 0 Å². The molecule has 3 N–H and O–H groups in total. The second-order valence-electron chi connectivity index (χ2n) is 3.02. The van der Waals surface area contributed by atoms with Crippen LogP contribution in [0.2, 0.25) is 0 Å². The maximum absolute atomic E-state index is 8.90. The van der Waals surface area contributed by atoms with Gasteiger partial charge in [0.05, 0.1) is 13.2 Å². The molecule has 1 aromatic heterocycles. The highest BCUT2D eigenvalue weighted by atomic mass is 16.5. The van der Waals surface area contributed by atoms with Crippen LogP contribution in [0.3, 0.4) is 0 Å². The quantitative estimate of drug-likeness (QED) is 0.661. The summed E-state index contributed by atoms with van der Waals surface area (Å²) in [4.78, 5) is 1.88. The van der Waals surface area contributed by atoms with Gasteiger partial charge >= 0.3 is 0 Å². The molecule has 1 heterocycles. The average molecular weight is 212 g/mol. The summed E-state index contributed by atoms with van der Waals surface area (Å²) in [6.07, 6.45) is 0. The summed E-state index contributed by atoms with van der Waals surface area (Å²) in [5, 5.41) is 16.6. The highest BCUT2D eigenvalue weighted by molar-refractivity contribution is 5.41. The first-order valence-corrected chi connectivity index (χ1v) is 4.72. The van der Waals surface area contributed by atoms with E-state index in [1.807, 2.05) is 4.90 Å². The minimum absolute atomic E-state index is 0.0652. The Balaban J connectivity index is 2.65. The van der Waals surface area contributed by atoms with Crippen molar-refractivity contribution in [1.29, 1.82) is 0 Å². The van der Waals surface area contributed by atoms with Crippen LogP contribution in [-0.4, -0.2) is 48.7 Å². The molecular formula is C9H16N4O2. The molecule has 0 bridgehead atoms. The zero-order chi connectivity index (χ0) is 11.1. The summed E-state index contributed by atoms with van der Waals surface area (Å²) in [6, 6.07) is 3.45. The number of ether oxygens (including phenoxy) is 1. The number of aliphatic hydroxyl groups excluding tert-OH is 1. The maximum Gasteiger partial charge on any atom is 0.151 e. The molecule has 1 aromatic rings. The van der Waals surface area contributed by atoms with Crippen LogP contribution >= 0.6 is 0 Å². The monoisotopic (exact) mass is 212 g/mol. The van der Waals surface area contributed by atoms with E-state index in [9.17, 15) is 0 Å². The number of hydrogen-bond acceptors (Lipinski definition) is 6. The van der Waals surface area contributed by atoms with E-state index >= 15 is 0 Å². The molecule has 0 saturated heterocycles. The van der Waals surface area contributed by atoms with Crippen LogP contribution in [0.4, 0.5) is 11.6 Å². The van der Waals surface area contributed by atoms with Crippen molar-refractivity contribution in [3.63, 3.8) is 0 Å². The topological polar surface area (TPSA) is 84.5 Å². The summed E-state index contributed by atoms with van der Waals surface area (Å²) in [5.74, 6) is 1.07. The zero-order valence-corrected chi connectivity index (χ0v) is 8.76. The molecule has 0 amide bonds. The third-order valence-corrected chi connectivity index (χ3v) is 1.93. The number of rotatable bonds is 6. The Morgan fingerprint density at radius 2 is 2.20 bits per heavy atom. The molecule has 0 unspecified atom stereocenters. The van der Waals surface area contributed by atoms with Gasteiger partial charge in [-0.05, 0) is 12.1 Å². The first-order valence-electron chi connectivity index (χ1n) is 4.72. The van der Waals surface area contributed by atoms with Crippen molar-refractivity contribution in [3.05, 3.63) is 12.1 Å². The lowest BCUT2D eigenvalue weighted by Crippen LogP contribution is -2.31. The Kier molecular flexibility index (Phi) is 4.79. The maximum atomic E-state index is 8.90. The number of anilines is 2. The SMILES string of the molecule is COCCN(CCO)c1ccc(N)nn1. The standard InChI is InChI=1S/C9H16N4O2/c1-15-7-5-13(4-6-14)9-3-2-8(10)11-12-9/h2-3,14H,4-7H2,1H3,(H2,10,11). The number of nitrogen functional groups attached to an aromatic ring is 1. The first-order chi connectivity index (χ1) is 7.27. The third kappa shape index (κ3) is 3.69. The molecule has 1 rings (SSSR count).